The predicted octanol–water partition coefficient (Wildman–Crippen LogP) is 3.40. The van der Waals surface area contributed by atoms with Crippen LogP contribution in [0.1, 0.15) is 11.1 Å². The SMILES string of the molecule is Cc1ccc(/C=C\I)cc1. The van der Waals surface area contributed by atoms with E-state index >= 15 is 0 Å². The lowest BCUT2D eigenvalue weighted by Gasteiger charge is -1.92. The Morgan fingerprint density at radius 3 is 2.30 bits per heavy atom. The third-order valence-corrected chi connectivity index (χ3v) is 1.69. The van der Waals surface area contributed by atoms with E-state index in [0.29, 0.717) is 0 Å². The van der Waals surface area contributed by atoms with Crippen LogP contribution in [-0.2, 0) is 0 Å². The second-order valence-corrected chi connectivity index (χ2v) is 2.92. The molecule has 0 saturated heterocycles. The Morgan fingerprint density at radius 1 is 1.20 bits per heavy atom. The Hall–Kier alpha value is -0.310. The van der Waals surface area contributed by atoms with Crippen molar-refractivity contribution in [3.05, 3.63) is 39.5 Å². The second kappa shape index (κ2) is 3.76. The molecule has 0 saturated carbocycles. The smallest absolute Gasteiger partial charge is 0.0228 e. The first-order valence-electron chi connectivity index (χ1n) is 3.16. The molecule has 1 aromatic rings. The van der Waals surface area contributed by atoms with E-state index in [-0.39, 0.29) is 0 Å². The van der Waals surface area contributed by atoms with E-state index in [1.165, 1.54) is 11.1 Å². The molecule has 1 aromatic carbocycles. The highest BCUT2D eigenvalue weighted by atomic mass is 127. The standard InChI is InChI=1S/C9H9I/c1-8-2-4-9(5-3-8)6-7-10/h2-7H,1H3/b7-6-. The second-order valence-electron chi connectivity index (χ2n) is 2.20. The number of benzene rings is 1. The van der Waals surface area contributed by atoms with E-state index in [0.717, 1.165) is 0 Å². The van der Waals surface area contributed by atoms with Crippen molar-refractivity contribution in [2.75, 3.05) is 0 Å². The van der Waals surface area contributed by atoms with E-state index in [1.807, 2.05) is 4.08 Å². The molecule has 0 aromatic heterocycles. The van der Waals surface area contributed by atoms with E-state index in [9.17, 15) is 0 Å². The van der Waals surface area contributed by atoms with Gasteiger partial charge in [0.05, 0.1) is 0 Å². The molecule has 0 bridgehead atoms. The van der Waals surface area contributed by atoms with Crippen LogP contribution in [0.15, 0.2) is 28.3 Å². The average Bonchev–Trinajstić information content (AvgIpc) is 1.95. The highest BCUT2D eigenvalue weighted by Crippen LogP contribution is 2.05. The summed E-state index contributed by atoms with van der Waals surface area (Å²) in [5, 5.41) is 0. The van der Waals surface area contributed by atoms with Crippen LogP contribution < -0.4 is 0 Å². The van der Waals surface area contributed by atoms with Gasteiger partial charge in [-0.1, -0.05) is 52.4 Å². The molecule has 0 spiro atoms. The highest BCUT2D eigenvalue weighted by molar-refractivity contribution is 14.1. The van der Waals surface area contributed by atoms with Gasteiger partial charge in [-0.2, -0.15) is 0 Å². The summed E-state index contributed by atoms with van der Waals surface area (Å²) in [6.07, 6.45) is 2.08. The van der Waals surface area contributed by atoms with E-state index in [1.54, 1.807) is 0 Å². The molecule has 0 fully saturated rings. The number of hydrogen-bond acceptors (Lipinski definition) is 0. The largest absolute Gasteiger partial charge is 0.0587 e. The fraction of sp³-hybridized carbons (Fsp3) is 0.111. The summed E-state index contributed by atoms with van der Waals surface area (Å²) in [5.74, 6) is 0. The summed E-state index contributed by atoms with van der Waals surface area (Å²) in [6, 6.07) is 8.47. The first-order valence-corrected chi connectivity index (χ1v) is 4.41. The fourth-order valence-electron chi connectivity index (χ4n) is 0.750. The van der Waals surface area contributed by atoms with Crippen molar-refractivity contribution in [2.24, 2.45) is 0 Å². The minimum Gasteiger partial charge on any atom is -0.0587 e. The van der Waals surface area contributed by atoms with Gasteiger partial charge in [0, 0.05) is 0 Å². The van der Waals surface area contributed by atoms with Crippen molar-refractivity contribution in [2.45, 2.75) is 6.92 Å². The molecular formula is C9H9I. The molecule has 0 radical (unpaired) electrons. The van der Waals surface area contributed by atoms with Crippen LogP contribution in [0.5, 0.6) is 0 Å². The first-order chi connectivity index (χ1) is 4.83. The quantitative estimate of drug-likeness (QED) is 0.664. The van der Waals surface area contributed by atoms with Gasteiger partial charge in [0.15, 0.2) is 0 Å². The molecule has 0 amide bonds. The molecule has 0 heterocycles. The van der Waals surface area contributed by atoms with Crippen molar-refractivity contribution in [3.8, 4) is 0 Å². The Kier molecular flexibility index (Phi) is 2.93. The molecule has 0 unspecified atom stereocenters. The topological polar surface area (TPSA) is 0 Å². The zero-order valence-electron chi connectivity index (χ0n) is 5.84. The number of halogens is 1. The van der Waals surface area contributed by atoms with Gasteiger partial charge in [0.1, 0.15) is 0 Å². The van der Waals surface area contributed by atoms with Crippen LogP contribution in [0.25, 0.3) is 6.08 Å². The number of hydrogen-bond donors (Lipinski definition) is 0. The molecule has 0 nitrogen and oxygen atoms in total. The van der Waals surface area contributed by atoms with Crippen molar-refractivity contribution >= 4 is 28.7 Å². The summed E-state index contributed by atoms with van der Waals surface area (Å²) >= 11 is 2.22. The van der Waals surface area contributed by atoms with Crippen LogP contribution in [0.2, 0.25) is 0 Å². The summed E-state index contributed by atoms with van der Waals surface area (Å²) < 4.78 is 2.02. The summed E-state index contributed by atoms with van der Waals surface area (Å²) in [6.45, 7) is 2.09. The van der Waals surface area contributed by atoms with Gasteiger partial charge in [0.2, 0.25) is 0 Å². The Balaban J connectivity index is 2.89. The summed E-state index contributed by atoms with van der Waals surface area (Å²) in [5.41, 5.74) is 2.57. The maximum Gasteiger partial charge on any atom is -0.0228 e. The van der Waals surface area contributed by atoms with Gasteiger partial charge in [-0.15, -0.1) is 0 Å². The molecule has 0 aliphatic rings. The van der Waals surface area contributed by atoms with E-state index in [2.05, 4.69) is 59.9 Å². The van der Waals surface area contributed by atoms with Gasteiger partial charge < -0.3 is 0 Å². The van der Waals surface area contributed by atoms with Crippen molar-refractivity contribution < 1.29 is 0 Å². The van der Waals surface area contributed by atoms with E-state index < -0.39 is 0 Å². The molecule has 0 atom stereocenters. The highest BCUT2D eigenvalue weighted by Gasteiger charge is 1.83. The maximum atomic E-state index is 2.22. The molecular weight excluding hydrogens is 235 g/mol. The van der Waals surface area contributed by atoms with Gasteiger partial charge in [-0.25, -0.2) is 0 Å². The maximum absolute atomic E-state index is 2.22. The van der Waals surface area contributed by atoms with Crippen LogP contribution >= 0.6 is 22.6 Å². The van der Waals surface area contributed by atoms with Crippen LogP contribution in [0.3, 0.4) is 0 Å². The molecule has 0 N–H and O–H groups in total. The lowest BCUT2D eigenvalue weighted by Crippen LogP contribution is -1.71. The molecule has 10 heavy (non-hydrogen) atoms. The Morgan fingerprint density at radius 2 is 1.80 bits per heavy atom. The zero-order chi connectivity index (χ0) is 7.40. The summed E-state index contributed by atoms with van der Waals surface area (Å²) in [4.78, 5) is 0. The average molecular weight is 244 g/mol. The zero-order valence-corrected chi connectivity index (χ0v) is 8.00. The normalized spacial score (nSPS) is 10.6. The van der Waals surface area contributed by atoms with Crippen molar-refractivity contribution in [1.29, 1.82) is 0 Å². The minimum absolute atomic E-state index is 1.26. The third kappa shape index (κ3) is 2.14. The molecule has 0 aliphatic heterocycles. The van der Waals surface area contributed by atoms with Crippen LogP contribution in [0, 0.1) is 6.92 Å². The minimum atomic E-state index is 1.26. The van der Waals surface area contributed by atoms with Crippen LogP contribution in [-0.4, -0.2) is 0 Å². The lowest BCUT2D eigenvalue weighted by molar-refractivity contribution is 1.46. The van der Waals surface area contributed by atoms with Crippen molar-refractivity contribution in [3.63, 3.8) is 0 Å². The number of rotatable bonds is 1. The molecule has 1 heteroatoms. The Bertz CT molecular complexity index is 221. The van der Waals surface area contributed by atoms with Gasteiger partial charge in [-0.05, 0) is 22.6 Å². The van der Waals surface area contributed by atoms with Gasteiger partial charge in [0.25, 0.3) is 0 Å². The van der Waals surface area contributed by atoms with E-state index in [4.69, 9.17) is 0 Å². The Labute approximate surface area is 75.1 Å². The predicted molar refractivity (Wildman–Crippen MR) is 54.2 cm³/mol. The molecule has 1 rings (SSSR count). The third-order valence-electron chi connectivity index (χ3n) is 1.33. The monoisotopic (exact) mass is 244 g/mol. The molecule has 52 valence electrons. The van der Waals surface area contributed by atoms with Gasteiger partial charge >= 0.3 is 0 Å². The van der Waals surface area contributed by atoms with Crippen molar-refractivity contribution in [1.82, 2.24) is 0 Å². The first kappa shape index (κ1) is 7.79. The fourth-order valence-corrected chi connectivity index (χ4v) is 1.17. The molecule has 0 aliphatic carbocycles. The number of aryl methyl sites for hydroxylation is 1. The summed E-state index contributed by atoms with van der Waals surface area (Å²) in [7, 11) is 0. The van der Waals surface area contributed by atoms with Gasteiger partial charge in [-0.3, -0.25) is 0 Å². The van der Waals surface area contributed by atoms with Crippen LogP contribution in [0.4, 0.5) is 0 Å². The lowest BCUT2D eigenvalue weighted by atomic mass is 10.2.